The molecule has 0 radical (unpaired) electrons. The monoisotopic (exact) mass is 305 g/mol. The zero-order valence-electron chi connectivity index (χ0n) is 12.6. The second kappa shape index (κ2) is 7.12. The molecule has 0 fully saturated rings. The zero-order chi connectivity index (χ0) is 15.2. The Kier molecular flexibility index (Phi) is 5.21. The fourth-order valence-corrected chi connectivity index (χ4v) is 2.48. The van der Waals surface area contributed by atoms with Gasteiger partial charge in [-0.15, -0.1) is 0 Å². The minimum Gasteiger partial charge on any atom is -0.496 e. The van der Waals surface area contributed by atoms with Crippen LogP contribution in [0.25, 0.3) is 0 Å². The number of para-hydroxylation sites is 1. The molecule has 2 aromatic rings. The standard InChI is InChI=1S/C14H19N5OS/c1-5-15-12-16-13(19(2)3)18-14(17-12)21-11-9-7-6-8-10(11)20-4/h6-9H,5H2,1-4H3,(H,15,16,17,18). The molecule has 7 heteroatoms. The lowest BCUT2D eigenvalue weighted by Gasteiger charge is -2.13. The van der Waals surface area contributed by atoms with E-state index in [1.807, 2.05) is 50.2 Å². The molecule has 2 rings (SSSR count). The lowest BCUT2D eigenvalue weighted by atomic mass is 10.3. The lowest BCUT2D eigenvalue weighted by Crippen LogP contribution is -2.15. The van der Waals surface area contributed by atoms with Gasteiger partial charge in [-0.25, -0.2) is 0 Å². The van der Waals surface area contributed by atoms with E-state index in [0.29, 0.717) is 17.1 Å². The van der Waals surface area contributed by atoms with Gasteiger partial charge in [0.15, 0.2) is 5.16 Å². The highest BCUT2D eigenvalue weighted by Crippen LogP contribution is 2.33. The molecule has 1 N–H and O–H groups in total. The maximum atomic E-state index is 5.35. The molecule has 0 aliphatic heterocycles. The number of rotatable bonds is 6. The minimum atomic E-state index is 0.577. The van der Waals surface area contributed by atoms with Gasteiger partial charge in [-0.05, 0) is 30.8 Å². The van der Waals surface area contributed by atoms with E-state index in [-0.39, 0.29) is 0 Å². The number of benzene rings is 1. The molecule has 0 spiro atoms. The SMILES string of the molecule is CCNc1nc(Sc2ccccc2OC)nc(N(C)C)n1. The molecular formula is C14H19N5OS. The van der Waals surface area contributed by atoms with Crippen LogP contribution in [0.15, 0.2) is 34.3 Å². The largest absolute Gasteiger partial charge is 0.496 e. The van der Waals surface area contributed by atoms with Crippen LogP contribution in [-0.2, 0) is 0 Å². The predicted molar refractivity (Wildman–Crippen MR) is 85.4 cm³/mol. The zero-order valence-corrected chi connectivity index (χ0v) is 13.4. The van der Waals surface area contributed by atoms with Gasteiger partial charge in [-0.1, -0.05) is 12.1 Å². The van der Waals surface area contributed by atoms with Crippen LogP contribution in [0, 0.1) is 0 Å². The van der Waals surface area contributed by atoms with Gasteiger partial charge in [0.2, 0.25) is 11.9 Å². The van der Waals surface area contributed by atoms with Crippen molar-refractivity contribution in [2.45, 2.75) is 17.0 Å². The Morgan fingerprint density at radius 1 is 1.19 bits per heavy atom. The summed E-state index contributed by atoms with van der Waals surface area (Å²) in [5.74, 6) is 2.01. The van der Waals surface area contributed by atoms with Gasteiger partial charge in [-0.3, -0.25) is 0 Å². The fourth-order valence-electron chi connectivity index (χ4n) is 1.63. The van der Waals surface area contributed by atoms with Crippen LogP contribution in [0.4, 0.5) is 11.9 Å². The van der Waals surface area contributed by atoms with Gasteiger partial charge in [0, 0.05) is 20.6 Å². The van der Waals surface area contributed by atoms with E-state index >= 15 is 0 Å². The smallest absolute Gasteiger partial charge is 0.230 e. The minimum absolute atomic E-state index is 0.577. The summed E-state index contributed by atoms with van der Waals surface area (Å²) in [6, 6.07) is 7.80. The van der Waals surface area contributed by atoms with E-state index in [9.17, 15) is 0 Å². The van der Waals surface area contributed by atoms with Crippen molar-refractivity contribution >= 4 is 23.7 Å². The normalized spacial score (nSPS) is 10.3. The molecule has 6 nitrogen and oxygen atoms in total. The summed E-state index contributed by atoms with van der Waals surface area (Å²) in [6.07, 6.45) is 0. The molecule has 0 aliphatic carbocycles. The number of hydrogen-bond donors (Lipinski definition) is 1. The molecule has 0 atom stereocenters. The van der Waals surface area contributed by atoms with Crippen molar-refractivity contribution in [1.82, 2.24) is 15.0 Å². The highest BCUT2D eigenvalue weighted by molar-refractivity contribution is 7.99. The molecule has 0 saturated heterocycles. The van der Waals surface area contributed by atoms with Gasteiger partial charge >= 0.3 is 0 Å². The van der Waals surface area contributed by atoms with Gasteiger partial charge in [-0.2, -0.15) is 15.0 Å². The molecule has 0 bridgehead atoms. The number of nitrogens with zero attached hydrogens (tertiary/aromatic N) is 4. The van der Waals surface area contributed by atoms with Crippen molar-refractivity contribution in [2.24, 2.45) is 0 Å². The summed E-state index contributed by atoms with van der Waals surface area (Å²) in [4.78, 5) is 16.1. The Labute approximate surface area is 129 Å². The van der Waals surface area contributed by atoms with Crippen LogP contribution in [0.1, 0.15) is 6.92 Å². The van der Waals surface area contributed by atoms with Crippen LogP contribution in [0.5, 0.6) is 5.75 Å². The Bertz CT molecular complexity index is 606. The third kappa shape index (κ3) is 3.98. The molecular weight excluding hydrogens is 286 g/mol. The quantitative estimate of drug-likeness (QED) is 0.879. The number of hydrogen-bond acceptors (Lipinski definition) is 7. The molecule has 1 aromatic heterocycles. The van der Waals surface area contributed by atoms with Crippen LogP contribution in [0.2, 0.25) is 0 Å². The lowest BCUT2D eigenvalue weighted by molar-refractivity contribution is 0.405. The molecule has 0 aliphatic rings. The first-order valence-corrected chi connectivity index (χ1v) is 7.43. The van der Waals surface area contributed by atoms with Gasteiger partial charge in [0.05, 0.1) is 12.0 Å². The van der Waals surface area contributed by atoms with Crippen molar-refractivity contribution in [3.8, 4) is 5.75 Å². The molecule has 21 heavy (non-hydrogen) atoms. The third-order valence-corrected chi connectivity index (χ3v) is 3.53. The van der Waals surface area contributed by atoms with Crippen LogP contribution in [-0.4, -0.2) is 42.7 Å². The van der Waals surface area contributed by atoms with Gasteiger partial charge in [0.25, 0.3) is 0 Å². The van der Waals surface area contributed by atoms with E-state index in [1.165, 1.54) is 11.8 Å². The topological polar surface area (TPSA) is 63.2 Å². The summed E-state index contributed by atoms with van der Waals surface area (Å²) in [5, 5.41) is 3.76. The second-order valence-corrected chi connectivity index (χ2v) is 5.43. The average Bonchev–Trinajstić information content (AvgIpc) is 2.48. The predicted octanol–water partition coefficient (Wildman–Crippen LogP) is 2.53. The fraction of sp³-hybridized carbons (Fsp3) is 0.357. The van der Waals surface area contributed by atoms with E-state index < -0.39 is 0 Å². The maximum Gasteiger partial charge on any atom is 0.230 e. The van der Waals surface area contributed by atoms with E-state index in [0.717, 1.165) is 17.2 Å². The van der Waals surface area contributed by atoms with Crippen molar-refractivity contribution < 1.29 is 4.74 Å². The Balaban J connectivity index is 2.34. The summed E-state index contributed by atoms with van der Waals surface area (Å²) in [7, 11) is 5.47. The number of ether oxygens (including phenoxy) is 1. The first kappa shape index (κ1) is 15.4. The Morgan fingerprint density at radius 2 is 1.95 bits per heavy atom. The van der Waals surface area contributed by atoms with Crippen molar-refractivity contribution in [3.63, 3.8) is 0 Å². The summed E-state index contributed by atoms with van der Waals surface area (Å²) in [5.41, 5.74) is 0. The van der Waals surface area contributed by atoms with Crippen LogP contribution < -0.4 is 15.0 Å². The molecule has 0 amide bonds. The van der Waals surface area contributed by atoms with E-state index in [2.05, 4.69) is 20.3 Å². The highest BCUT2D eigenvalue weighted by atomic mass is 32.2. The maximum absolute atomic E-state index is 5.35. The Morgan fingerprint density at radius 3 is 2.62 bits per heavy atom. The van der Waals surface area contributed by atoms with Crippen LogP contribution in [0.3, 0.4) is 0 Å². The summed E-state index contributed by atoms with van der Waals surface area (Å²) in [6.45, 7) is 2.77. The van der Waals surface area contributed by atoms with E-state index in [4.69, 9.17) is 4.74 Å². The molecule has 1 aromatic carbocycles. The van der Waals surface area contributed by atoms with Crippen molar-refractivity contribution in [1.29, 1.82) is 0 Å². The van der Waals surface area contributed by atoms with E-state index in [1.54, 1.807) is 7.11 Å². The average molecular weight is 305 g/mol. The number of aromatic nitrogens is 3. The number of anilines is 2. The summed E-state index contributed by atoms with van der Waals surface area (Å²) >= 11 is 1.46. The van der Waals surface area contributed by atoms with Crippen molar-refractivity contribution in [3.05, 3.63) is 24.3 Å². The Hall–Kier alpha value is -2.02. The summed E-state index contributed by atoms with van der Waals surface area (Å²) < 4.78 is 5.35. The van der Waals surface area contributed by atoms with Crippen LogP contribution >= 0.6 is 11.8 Å². The first-order valence-electron chi connectivity index (χ1n) is 6.62. The number of methoxy groups -OCH3 is 1. The van der Waals surface area contributed by atoms with Crippen molar-refractivity contribution in [2.75, 3.05) is 38.0 Å². The molecule has 0 unspecified atom stereocenters. The molecule has 112 valence electrons. The van der Waals surface area contributed by atoms with Gasteiger partial charge < -0.3 is 15.0 Å². The van der Waals surface area contributed by atoms with Gasteiger partial charge in [0.1, 0.15) is 5.75 Å². The number of nitrogens with one attached hydrogen (secondary N) is 1. The molecule has 1 heterocycles. The second-order valence-electron chi connectivity index (χ2n) is 4.42. The third-order valence-electron chi connectivity index (χ3n) is 2.61. The molecule has 0 saturated carbocycles. The first-order chi connectivity index (χ1) is 10.1. The highest BCUT2D eigenvalue weighted by Gasteiger charge is 2.11.